The summed E-state index contributed by atoms with van der Waals surface area (Å²) in [5.41, 5.74) is 0.435. The van der Waals surface area contributed by atoms with Gasteiger partial charge in [0, 0.05) is 6.20 Å². The van der Waals surface area contributed by atoms with Gasteiger partial charge in [0.05, 0.1) is 12.7 Å². The minimum absolute atomic E-state index is 0.240. The van der Waals surface area contributed by atoms with E-state index in [-0.39, 0.29) is 6.01 Å². The topological polar surface area (TPSA) is 76.6 Å². The molecular weight excluding hydrogens is 194 g/mol. The van der Waals surface area contributed by atoms with Crippen molar-refractivity contribution < 1.29 is 4.74 Å². The molecule has 0 aliphatic heterocycles. The highest BCUT2D eigenvalue weighted by molar-refractivity contribution is 5.42. The van der Waals surface area contributed by atoms with E-state index in [1.807, 2.05) is 6.07 Å². The van der Waals surface area contributed by atoms with Crippen LogP contribution in [-0.2, 0) is 0 Å². The SMILES string of the molecule is COc1ncn(-c2ncccc2C#N)n1. The van der Waals surface area contributed by atoms with Gasteiger partial charge in [-0.15, -0.1) is 5.10 Å². The smallest absolute Gasteiger partial charge is 0.335 e. The van der Waals surface area contributed by atoms with E-state index in [9.17, 15) is 0 Å². The molecule has 0 aliphatic rings. The monoisotopic (exact) mass is 201 g/mol. The van der Waals surface area contributed by atoms with E-state index in [1.54, 1.807) is 18.3 Å². The van der Waals surface area contributed by atoms with Gasteiger partial charge in [-0.25, -0.2) is 4.98 Å². The van der Waals surface area contributed by atoms with E-state index in [0.717, 1.165) is 0 Å². The fraction of sp³-hybridized carbons (Fsp3) is 0.111. The molecule has 0 aromatic carbocycles. The van der Waals surface area contributed by atoms with Crippen molar-refractivity contribution in [3.05, 3.63) is 30.2 Å². The predicted molar refractivity (Wildman–Crippen MR) is 50.4 cm³/mol. The molecule has 0 fully saturated rings. The van der Waals surface area contributed by atoms with Crippen molar-refractivity contribution in [1.29, 1.82) is 5.26 Å². The van der Waals surface area contributed by atoms with Gasteiger partial charge in [0.2, 0.25) is 0 Å². The number of hydrogen-bond acceptors (Lipinski definition) is 5. The van der Waals surface area contributed by atoms with Gasteiger partial charge in [-0.1, -0.05) is 0 Å². The number of ether oxygens (including phenoxy) is 1. The summed E-state index contributed by atoms with van der Waals surface area (Å²) in [6, 6.07) is 5.62. The van der Waals surface area contributed by atoms with Crippen molar-refractivity contribution in [2.45, 2.75) is 0 Å². The Morgan fingerprint density at radius 1 is 1.47 bits per heavy atom. The number of nitrogens with zero attached hydrogens (tertiary/aromatic N) is 5. The molecule has 2 rings (SSSR count). The lowest BCUT2D eigenvalue weighted by Crippen LogP contribution is -2.01. The molecule has 0 radical (unpaired) electrons. The van der Waals surface area contributed by atoms with Crippen molar-refractivity contribution in [3.63, 3.8) is 0 Å². The molecule has 0 atom stereocenters. The second-order valence-electron chi connectivity index (χ2n) is 2.66. The van der Waals surface area contributed by atoms with Gasteiger partial charge in [-0.05, 0) is 12.1 Å². The Morgan fingerprint density at radius 3 is 3.00 bits per heavy atom. The number of nitriles is 1. The van der Waals surface area contributed by atoms with Crippen LogP contribution in [0.3, 0.4) is 0 Å². The molecule has 0 N–H and O–H groups in total. The van der Waals surface area contributed by atoms with Crippen LogP contribution in [0, 0.1) is 11.3 Å². The summed E-state index contributed by atoms with van der Waals surface area (Å²) in [7, 11) is 1.48. The number of hydrogen-bond donors (Lipinski definition) is 0. The molecule has 2 heterocycles. The first-order valence-corrected chi connectivity index (χ1v) is 4.16. The van der Waals surface area contributed by atoms with Gasteiger partial charge in [0.15, 0.2) is 5.82 Å². The molecule has 2 aromatic rings. The fourth-order valence-electron chi connectivity index (χ4n) is 1.11. The zero-order valence-electron chi connectivity index (χ0n) is 7.95. The van der Waals surface area contributed by atoms with Crippen LogP contribution in [0.25, 0.3) is 5.82 Å². The summed E-state index contributed by atoms with van der Waals surface area (Å²) >= 11 is 0. The maximum absolute atomic E-state index is 8.86. The normalized spacial score (nSPS) is 9.60. The summed E-state index contributed by atoms with van der Waals surface area (Å²) in [5, 5.41) is 12.8. The number of aromatic nitrogens is 4. The summed E-state index contributed by atoms with van der Waals surface area (Å²) in [4.78, 5) is 7.92. The lowest BCUT2D eigenvalue weighted by molar-refractivity contribution is 0.379. The van der Waals surface area contributed by atoms with Crippen LogP contribution in [0.15, 0.2) is 24.7 Å². The minimum atomic E-state index is 0.240. The van der Waals surface area contributed by atoms with Gasteiger partial charge in [0.1, 0.15) is 12.4 Å². The standard InChI is InChI=1S/C9H7N5O/c1-15-9-12-6-14(13-9)8-7(5-10)3-2-4-11-8/h2-4,6H,1H3. The molecule has 74 valence electrons. The fourth-order valence-corrected chi connectivity index (χ4v) is 1.11. The van der Waals surface area contributed by atoms with Gasteiger partial charge >= 0.3 is 6.01 Å². The Morgan fingerprint density at radius 2 is 2.33 bits per heavy atom. The van der Waals surface area contributed by atoms with Gasteiger partial charge in [0.25, 0.3) is 0 Å². The first-order valence-electron chi connectivity index (χ1n) is 4.16. The molecule has 2 aromatic heterocycles. The molecule has 0 unspecified atom stereocenters. The van der Waals surface area contributed by atoms with Gasteiger partial charge in [-0.2, -0.15) is 14.9 Å². The first-order chi connectivity index (χ1) is 7.35. The summed E-state index contributed by atoms with van der Waals surface area (Å²) in [6.45, 7) is 0. The highest BCUT2D eigenvalue weighted by Gasteiger charge is 2.07. The van der Waals surface area contributed by atoms with Crippen molar-refractivity contribution in [2.75, 3.05) is 7.11 Å². The third-order valence-corrected chi connectivity index (χ3v) is 1.78. The van der Waals surface area contributed by atoms with Gasteiger partial charge < -0.3 is 4.74 Å². The Balaban J connectivity index is 2.49. The molecule has 6 nitrogen and oxygen atoms in total. The van der Waals surface area contributed by atoms with Crippen LogP contribution >= 0.6 is 0 Å². The second-order valence-corrected chi connectivity index (χ2v) is 2.66. The summed E-state index contributed by atoms with van der Waals surface area (Å²) in [5.74, 6) is 0.441. The lowest BCUT2D eigenvalue weighted by Gasteiger charge is -1.99. The first kappa shape index (κ1) is 9.15. The third-order valence-electron chi connectivity index (χ3n) is 1.78. The highest BCUT2D eigenvalue weighted by atomic mass is 16.5. The summed E-state index contributed by atoms with van der Waals surface area (Å²) in [6.07, 6.45) is 3.03. The quantitative estimate of drug-likeness (QED) is 0.708. The summed E-state index contributed by atoms with van der Waals surface area (Å²) < 4.78 is 6.24. The molecule has 0 amide bonds. The van der Waals surface area contributed by atoms with Crippen molar-refractivity contribution in [1.82, 2.24) is 19.7 Å². The average molecular weight is 201 g/mol. The van der Waals surface area contributed by atoms with E-state index in [4.69, 9.17) is 10.00 Å². The largest absolute Gasteiger partial charge is 0.466 e. The van der Waals surface area contributed by atoms with Crippen LogP contribution in [0.5, 0.6) is 6.01 Å². The molecule has 0 bridgehead atoms. The Labute approximate surface area is 85.8 Å². The molecule has 0 saturated heterocycles. The Hall–Kier alpha value is -2.42. The van der Waals surface area contributed by atoms with Crippen LogP contribution in [0.2, 0.25) is 0 Å². The molecule has 0 saturated carbocycles. The maximum Gasteiger partial charge on any atom is 0.335 e. The van der Waals surface area contributed by atoms with Crippen LogP contribution in [0.4, 0.5) is 0 Å². The zero-order chi connectivity index (χ0) is 10.7. The maximum atomic E-state index is 8.86. The van der Waals surface area contributed by atoms with Crippen molar-refractivity contribution >= 4 is 0 Å². The van der Waals surface area contributed by atoms with Gasteiger partial charge in [-0.3, -0.25) is 0 Å². The molecule has 0 aliphatic carbocycles. The average Bonchev–Trinajstić information content (AvgIpc) is 2.77. The van der Waals surface area contributed by atoms with E-state index in [2.05, 4.69) is 15.1 Å². The van der Waals surface area contributed by atoms with Crippen LogP contribution in [0.1, 0.15) is 5.56 Å². The molecule has 0 spiro atoms. The Kier molecular flexibility index (Phi) is 2.29. The second kappa shape index (κ2) is 3.75. The number of pyridine rings is 1. The van der Waals surface area contributed by atoms with Crippen LogP contribution < -0.4 is 4.74 Å². The lowest BCUT2D eigenvalue weighted by atomic mass is 10.3. The van der Waals surface area contributed by atoms with Crippen molar-refractivity contribution in [3.8, 4) is 17.9 Å². The minimum Gasteiger partial charge on any atom is -0.466 e. The number of methoxy groups -OCH3 is 1. The number of rotatable bonds is 2. The van der Waals surface area contributed by atoms with Crippen molar-refractivity contribution in [2.24, 2.45) is 0 Å². The van der Waals surface area contributed by atoms with E-state index in [0.29, 0.717) is 11.4 Å². The van der Waals surface area contributed by atoms with E-state index < -0.39 is 0 Å². The zero-order valence-corrected chi connectivity index (χ0v) is 7.95. The van der Waals surface area contributed by atoms with E-state index >= 15 is 0 Å². The Bertz CT molecular complexity index is 513. The third kappa shape index (κ3) is 1.62. The molecule has 6 heteroatoms. The van der Waals surface area contributed by atoms with Crippen LogP contribution in [-0.4, -0.2) is 26.9 Å². The molecular formula is C9H7N5O. The van der Waals surface area contributed by atoms with E-state index in [1.165, 1.54) is 18.1 Å². The predicted octanol–water partition coefficient (Wildman–Crippen LogP) is 0.543. The highest BCUT2D eigenvalue weighted by Crippen LogP contribution is 2.10. The molecule has 15 heavy (non-hydrogen) atoms.